The largest absolute Gasteiger partial charge is 0.357 e. The summed E-state index contributed by atoms with van der Waals surface area (Å²) in [6.45, 7) is 3.51. The maximum atomic E-state index is 13.4. The van der Waals surface area contributed by atoms with Gasteiger partial charge in [-0.1, -0.05) is 48.4 Å². The molecule has 7 nitrogen and oxygen atoms in total. The second kappa shape index (κ2) is 10.6. The highest BCUT2D eigenvalue weighted by Crippen LogP contribution is 2.22. The van der Waals surface area contributed by atoms with Gasteiger partial charge in [-0.25, -0.2) is 8.42 Å². The molecule has 2 amide bonds. The number of nitrogens with one attached hydrogen (secondary N) is 1. The number of carbonyl (C=O) groups is 2. The van der Waals surface area contributed by atoms with E-state index in [1.54, 1.807) is 12.1 Å². The maximum Gasteiger partial charge on any atom is 0.244 e. The van der Waals surface area contributed by atoms with Crippen molar-refractivity contribution < 1.29 is 18.0 Å². The molecule has 0 aliphatic carbocycles. The van der Waals surface area contributed by atoms with Gasteiger partial charge in [0.2, 0.25) is 21.8 Å². The van der Waals surface area contributed by atoms with Crippen LogP contribution in [0.15, 0.2) is 48.5 Å². The first-order valence-corrected chi connectivity index (χ1v) is 12.1. The minimum atomic E-state index is -3.76. The van der Waals surface area contributed by atoms with Crippen molar-refractivity contribution in [3.63, 3.8) is 0 Å². The van der Waals surface area contributed by atoms with Gasteiger partial charge in [0.1, 0.15) is 12.6 Å². The number of hydrogen-bond donors (Lipinski definition) is 1. The zero-order valence-corrected chi connectivity index (χ0v) is 19.7. The number of benzene rings is 2. The molecule has 0 fully saturated rings. The molecule has 0 radical (unpaired) electrons. The number of hydrogen-bond acceptors (Lipinski definition) is 4. The highest BCUT2D eigenvalue weighted by Gasteiger charge is 2.31. The number of carbonyl (C=O) groups excluding carboxylic acids is 2. The minimum Gasteiger partial charge on any atom is -0.357 e. The molecule has 31 heavy (non-hydrogen) atoms. The molecule has 0 aliphatic rings. The van der Waals surface area contributed by atoms with Gasteiger partial charge in [-0.3, -0.25) is 13.9 Å². The normalized spacial score (nSPS) is 12.2. The Kier molecular flexibility index (Phi) is 8.47. The lowest BCUT2D eigenvalue weighted by Gasteiger charge is -2.32. The van der Waals surface area contributed by atoms with E-state index in [0.29, 0.717) is 17.1 Å². The zero-order valence-electron chi connectivity index (χ0n) is 18.1. The van der Waals surface area contributed by atoms with Crippen LogP contribution in [0.1, 0.15) is 24.5 Å². The van der Waals surface area contributed by atoms with Crippen LogP contribution in [-0.2, 0) is 26.2 Å². The van der Waals surface area contributed by atoms with E-state index in [4.69, 9.17) is 11.6 Å². The molecule has 0 aliphatic heterocycles. The molecule has 2 aromatic rings. The van der Waals surface area contributed by atoms with Gasteiger partial charge in [-0.05, 0) is 43.2 Å². The average Bonchev–Trinajstić information content (AvgIpc) is 2.71. The van der Waals surface area contributed by atoms with E-state index >= 15 is 0 Å². The number of halogens is 1. The van der Waals surface area contributed by atoms with E-state index in [-0.39, 0.29) is 12.5 Å². The van der Waals surface area contributed by atoms with E-state index < -0.39 is 28.5 Å². The number of rotatable bonds is 9. The third-order valence-corrected chi connectivity index (χ3v) is 6.25. The standard InChI is InChI=1S/C22H28ClN3O4S/c1-5-20(22(28)24-3)25(14-17-8-6-7-16(2)13-17)21(27)15-26(31(4,29)30)19-11-9-18(23)10-12-19/h6-13,20H,5,14-15H2,1-4H3,(H,24,28)/t20-/m0/s1. The molecule has 1 N–H and O–H groups in total. The summed E-state index contributed by atoms with van der Waals surface area (Å²) in [5.41, 5.74) is 2.20. The summed E-state index contributed by atoms with van der Waals surface area (Å²) < 4.78 is 25.9. The maximum absolute atomic E-state index is 13.4. The van der Waals surface area contributed by atoms with E-state index in [2.05, 4.69) is 5.32 Å². The Bertz CT molecular complexity index is 1030. The lowest BCUT2D eigenvalue weighted by Crippen LogP contribution is -2.51. The molecule has 2 rings (SSSR count). The third kappa shape index (κ3) is 6.70. The fourth-order valence-electron chi connectivity index (χ4n) is 3.31. The van der Waals surface area contributed by atoms with Gasteiger partial charge in [0.15, 0.2) is 0 Å². The first-order chi connectivity index (χ1) is 14.6. The summed E-state index contributed by atoms with van der Waals surface area (Å²) in [6.07, 6.45) is 1.42. The third-order valence-electron chi connectivity index (χ3n) is 4.86. The number of aryl methyl sites for hydroxylation is 1. The first kappa shape index (κ1) is 24.7. The fourth-order valence-corrected chi connectivity index (χ4v) is 4.29. The van der Waals surface area contributed by atoms with Gasteiger partial charge < -0.3 is 10.2 Å². The van der Waals surface area contributed by atoms with Crippen LogP contribution in [0.3, 0.4) is 0 Å². The molecular weight excluding hydrogens is 438 g/mol. The summed E-state index contributed by atoms with van der Waals surface area (Å²) in [4.78, 5) is 27.3. The van der Waals surface area contributed by atoms with E-state index in [1.807, 2.05) is 38.1 Å². The van der Waals surface area contributed by atoms with Gasteiger partial charge in [0.25, 0.3) is 0 Å². The van der Waals surface area contributed by atoms with Crippen LogP contribution in [0, 0.1) is 6.92 Å². The summed E-state index contributed by atoms with van der Waals surface area (Å²) >= 11 is 5.91. The van der Waals surface area contributed by atoms with Crippen molar-refractivity contribution in [1.82, 2.24) is 10.2 Å². The summed E-state index contributed by atoms with van der Waals surface area (Å²) in [7, 11) is -2.24. The smallest absolute Gasteiger partial charge is 0.244 e. The van der Waals surface area contributed by atoms with Gasteiger partial charge in [-0.15, -0.1) is 0 Å². The van der Waals surface area contributed by atoms with Gasteiger partial charge in [0, 0.05) is 18.6 Å². The number of likely N-dealkylation sites (N-methyl/N-ethyl adjacent to an activating group) is 1. The van der Waals surface area contributed by atoms with Crippen LogP contribution in [0.25, 0.3) is 0 Å². The molecule has 0 bridgehead atoms. The van der Waals surface area contributed by atoms with Crippen LogP contribution in [0.2, 0.25) is 5.02 Å². The van der Waals surface area contributed by atoms with Crippen molar-refractivity contribution in [2.75, 3.05) is 24.2 Å². The Balaban J connectivity index is 2.41. The number of amides is 2. The van der Waals surface area contributed by atoms with Crippen LogP contribution < -0.4 is 9.62 Å². The molecule has 0 saturated carbocycles. The second-order valence-corrected chi connectivity index (χ2v) is 9.64. The highest BCUT2D eigenvalue weighted by molar-refractivity contribution is 7.92. The van der Waals surface area contributed by atoms with E-state index in [0.717, 1.165) is 21.7 Å². The molecule has 9 heteroatoms. The Hall–Kier alpha value is -2.58. The lowest BCUT2D eigenvalue weighted by atomic mass is 10.1. The van der Waals surface area contributed by atoms with Crippen LogP contribution >= 0.6 is 11.6 Å². The molecular formula is C22H28ClN3O4S. The predicted molar refractivity (Wildman–Crippen MR) is 124 cm³/mol. The van der Waals surface area contributed by atoms with Crippen LogP contribution in [0.4, 0.5) is 5.69 Å². The van der Waals surface area contributed by atoms with E-state index in [9.17, 15) is 18.0 Å². The second-order valence-electron chi connectivity index (χ2n) is 7.30. The first-order valence-electron chi connectivity index (χ1n) is 9.86. The van der Waals surface area contributed by atoms with Crippen molar-refractivity contribution in [2.24, 2.45) is 0 Å². The van der Waals surface area contributed by atoms with Crippen molar-refractivity contribution in [3.05, 3.63) is 64.7 Å². The minimum absolute atomic E-state index is 0.185. The quantitative estimate of drug-likeness (QED) is 0.616. The molecule has 1 atom stereocenters. The summed E-state index contributed by atoms with van der Waals surface area (Å²) in [5.74, 6) is -0.779. The van der Waals surface area contributed by atoms with Crippen molar-refractivity contribution in [1.29, 1.82) is 0 Å². The fraction of sp³-hybridized carbons (Fsp3) is 0.364. The van der Waals surface area contributed by atoms with Crippen LogP contribution in [0.5, 0.6) is 0 Å². The number of sulfonamides is 1. The molecule has 0 saturated heterocycles. The number of nitrogens with zero attached hydrogens (tertiary/aromatic N) is 2. The topological polar surface area (TPSA) is 86.8 Å². The van der Waals surface area contributed by atoms with Gasteiger partial charge in [-0.2, -0.15) is 0 Å². The SMILES string of the molecule is CC[C@@H](C(=O)NC)N(Cc1cccc(C)c1)C(=O)CN(c1ccc(Cl)cc1)S(C)(=O)=O. The molecule has 0 unspecified atom stereocenters. The monoisotopic (exact) mass is 465 g/mol. The number of anilines is 1. The Morgan fingerprint density at radius 2 is 1.77 bits per heavy atom. The average molecular weight is 466 g/mol. The lowest BCUT2D eigenvalue weighted by molar-refractivity contribution is -0.140. The molecule has 0 aromatic heterocycles. The van der Waals surface area contributed by atoms with E-state index in [1.165, 1.54) is 24.1 Å². The summed E-state index contributed by atoms with van der Waals surface area (Å²) in [5, 5.41) is 3.04. The van der Waals surface area contributed by atoms with Gasteiger partial charge in [0.05, 0.1) is 11.9 Å². The molecule has 0 spiro atoms. The summed E-state index contributed by atoms with van der Waals surface area (Å²) in [6, 6.07) is 13.1. The molecule has 2 aromatic carbocycles. The Labute approximate surface area is 189 Å². The molecule has 168 valence electrons. The van der Waals surface area contributed by atoms with Crippen molar-refractivity contribution >= 4 is 39.1 Å². The van der Waals surface area contributed by atoms with Crippen molar-refractivity contribution in [3.8, 4) is 0 Å². The Morgan fingerprint density at radius 3 is 2.29 bits per heavy atom. The van der Waals surface area contributed by atoms with Crippen molar-refractivity contribution in [2.45, 2.75) is 32.9 Å². The zero-order chi connectivity index (χ0) is 23.2. The predicted octanol–water partition coefficient (Wildman–Crippen LogP) is 2.97. The Morgan fingerprint density at radius 1 is 1.13 bits per heavy atom. The molecule has 0 heterocycles. The van der Waals surface area contributed by atoms with Crippen LogP contribution in [-0.4, -0.2) is 51.0 Å². The van der Waals surface area contributed by atoms with Gasteiger partial charge >= 0.3 is 0 Å². The highest BCUT2D eigenvalue weighted by atomic mass is 35.5.